The average Bonchev–Trinajstić information content (AvgIpc) is 2.59. The highest BCUT2D eigenvalue weighted by molar-refractivity contribution is 6.30. The molecule has 1 amide bonds. The summed E-state index contributed by atoms with van der Waals surface area (Å²) in [4.78, 5) is 22.0. The van der Waals surface area contributed by atoms with E-state index in [1.54, 1.807) is 43.3 Å². The van der Waals surface area contributed by atoms with E-state index in [2.05, 4.69) is 10.5 Å². The Morgan fingerprint density at radius 2 is 2.00 bits per heavy atom. The fourth-order valence-electron chi connectivity index (χ4n) is 1.77. The van der Waals surface area contributed by atoms with E-state index in [1.165, 1.54) is 12.1 Å². The lowest BCUT2D eigenvalue weighted by Crippen LogP contribution is -2.25. The first-order valence-corrected chi connectivity index (χ1v) is 7.30. The van der Waals surface area contributed by atoms with Crippen molar-refractivity contribution in [1.29, 1.82) is 0 Å². The second kappa shape index (κ2) is 8.07. The second-order valence-corrected chi connectivity index (χ2v) is 5.22. The van der Waals surface area contributed by atoms with Crippen LogP contribution in [0.2, 0.25) is 5.02 Å². The Balaban J connectivity index is 1.91. The van der Waals surface area contributed by atoms with Gasteiger partial charge in [-0.2, -0.15) is 5.10 Å². The summed E-state index contributed by atoms with van der Waals surface area (Å²) in [7, 11) is 0. The first-order valence-electron chi connectivity index (χ1n) is 6.92. The standard InChI is InChI=1S/C16H14ClN3O4/c1-11(12-3-2-4-14(9-12)20(22)23)18-19-16(21)10-24-15-7-5-13(17)6-8-15/h2-9H,10H2,1H3,(H,19,21)/b18-11+. The number of hydrazone groups is 1. The van der Waals surface area contributed by atoms with Gasteiger partial charge in [0.1, 0.15) is 5.75 Å². The van der Waals surface area contributed by atoms with E-state index in [9.17, 15) is 14.9 Å². The molecule has 0 heterocycles. The SMILES string of the molecule is C/C(=N\NC(=O)COc1ccc(Cl)cc1)c1cccc([N+](=O)[O-])c1. The highest BCUT2D eigenvalue weighted by atomic mass is 35.5. The van der Waals surface area contributed by atoms with Crippen LogP contribution < -0.4 is 10.2 Å². The van der Waals surface area contributed by atoms with Gasteiger partial charge in [0.2, 0.25) is 0 Å². The molecule has 0 saturated heterocycles. The highest BCUT2D eigenvalue weighted by Crippen LogP contribution is 2.15. The van der Waals surface area contributed by atoms with E-state index in [-0.39, 0.29) is 12.3 Å². The number of nitro benzene ring substituents is 1. The minimum atomic E-state index is -0.491. The van der Waals surface area contributed by atoms with Gasteiger partial charge in [0, 0.05) is 22.7 Å². The van der Waals surface area contributed by atoms with Crippen LogP contribution in [0.1, 0.15) is 12.5 Å². The molecule has 2 rings (SSSR count). The summed E-state index contributed by atoms with van der Waals surface area (Å²) < 4.78 is 5.28. The number of amides is 1. The molecule has 24 heavy (non-hydrogen) atoms. The van der Waals surface area contributed by atoms with E-state index in [0.29, 0.717) is 22.0 Å². The third-order valence-corrected chi connectivity index (χ3v) is 3.26. The molecule has 0 fully saturated rings. The van der Waals surface area contributed by atoms with Crippen LogP contribution in [-0.4, -0.2) is 23.1 Å². The van der Waals surface area contributed by atoms with Crippen LogP contribution in [0.3, 0.4) is 0 Å². The van der Waals surface area contributed by atoms with Crippen LogP contribution in [0.25, 0.3) is 0 Å². The van der Waals surface area contributed by atoms with Crippen molar-refractivity contribution < 1.29 is 14.5 Å². The molecular weight excluding hydrogens is 334 g/mol. The Labute approximate surface area is 143 Å². The predicted octanol–water partition coefficient (Wildman–Crippen LogP) is 3.17. The van der Waals surface area contributed by atoms with Crippen LogP contribution >= 0.6 is 11.6 Å². The molecule has 0 aliphatic heterocycles. The Kier molecular flexibility index (Phi) is 5.86. The van der Waals surface area contributed by atoms with Crippen molar-refractivity contribution in [3.05, 3.63) is 69.2 Å². The van der Waals surface area contributed by atoms with Gasteiger partial charge in [0.05, 0.1) is 10.6 Å². The lowest BCUT2D eigenvalue weighted by Gasteiger charge is -2.06. The zero-order valence-corrected chi connectivity index (χ0v) is 13.5. The largest absolute Gasteiger partial charge is 0.484 e. The average molecular weight is 348 g/mol. The molecule has 124 valence electrons. The lowest BCUT2D eigenvalue weighted by molar-refractivity contribution is -0.384. The number of carbonyl (C=O) groups excluding carboxylic acids is 1. The molecule has 0 aliphatic carbocycles. The first-order chi connectivity index (χ1) is 11.5. The number of rotatable bonds is 6. The maximum Gasteiger partial charge on any atom is 0.277 e. The molecule has 0 aromatic heterocycles. The molecule has 0 aliphatic rings. The van der Waals surface area contributed by atoms with Gasteiger partial charge in [-0.25, -0.2) is 5.43 Å². The maximum atomic E-state index is 11.7. The number of ether oxygens (including phenoxy) is 1. The van der Waals surface area contributed by atoms with Gasteiger partial charge in [0.25, 0.3) is 11.6 Å². The molecule has 1 N–H and O–H groups in total. The molecule has 0 unspecified atom stereocenters. The minimum absolute atomic E-state index is 0.0422. The van der Waals surface area contributed by atoms with Gasteiger partial charge < -0.3 is 4.74 Å². The number of benzene rings is 2. The van der Waals surface area contributed by atoms with E-state index in [1.807, 2.05) is 0 Å². The Hall–Kier alpha value is -2.93. The van der Waals surface area contributed by atoms with Gasteiger partial charge in [-0.05, 0) is 31.2 Å². The van der Waals surface area contributed by atoms with E-state index in [0.717, 1.165) is 0 Å². The van der Waals surface area contributed by atoms with Crippen molar-refractivity contribution in [3.8, 4) is 5.75 Å². The monoisotopic (exact) mass is 347 g/mol. The van der Waals surface area contributed by atoms with Crippen molar-refractivity contribution in [2.45, 2.75) is 6.92 Å². The van der Waals surface area contributed by atoms with E-state index >= 15 is 0 Å². The fourth-order valence-corrected chi connectivity index (χ4v) is 1.89. The molecule has 0 radical (unpaired) electrons. The van der Waals surface area contributed by atoms with E-state index < -0.39 is 10.8 Å². The minimum Gasteiger partial charge on any atom is -0.484 e. The van der Waals surface area contributed by atoms with Crippen molar-refractivity contribution >= 4 is 28.9 Å². The fraction of sp³-hybridized carbons (Fsp3) is 0.125. The molecule has 0 spiro atoms. The quantitative estimate of drug-likeness (QED) is 0.493. The number of carbonyl (C=O) groups is 1. The number of hydrogen-bond donors (Lipinski definition) is 1. The Morgan fingerprint density at radius 1 is 1.29 bits per heavy atom. The summed E-state index contributed by atoms with van der Waals surface area (Å²) in [5.41, 5.74) is 3.28. The number of halogens is 1. The summed E-state index contributed by atoms with van der Waals surface area (Å²) in [6, 6.07) is 12.6. The molecule has 0 saturated carbocycles. The normalized spacial score (nSPS) is 11.0. The zero-order chi connectivity index (χ0) is 17.5. The summed E-state index contributed by atoms with van der Waals surface area (Å²) in [5.74, 6) is 0.0590. The molecule has 8 heteroatoms. The van der Waals surface area contributed by atoms with Crippen LogP contribution in [0.15, 0.2) is 53.6 Å². The van der Waals surface area contributed by atoms with Gasteiger partial charge in [-0.3, -0.25) is 14.9 Å². The van der Waals surface area contributed by atoms with Crippen LogP contribution in [0, 0.1) is 10.1 Å². The maximum absolute atomic E-state index is 11.7. The smallest absolute Gasteiger partial charge is 0.277 e. The number of nitrogens with zero attached hydrogens (tertiary/aromatic N) is 2. The summed E-state index contributed by atoms with van der Waals surface area (Å²) in [6.45, 7) is 1.42. The van der Waals surface area contributed by atoms with Crippen molar-refractivity contribution in [2.24, 2.45) is 5.10 Å². The van der Waals surface area contributed by atoms with Crippen LogP contribution in [0.4, 0.5) is 5.69 Å². The van der Waals surface area contributed by atoms with Gasteiger partial charge in [-0.15, -0.1) is 0 Å². The third kappa shape index (κ3) is 5.06. The predicted molar refractivity (Wildman–Crippen MR) is 90.4 cm³/mol. The topological polar surface area (TPSA) is 93.8 Å². The third-order valence-electron chi connectivity index (χ3n) is 3.01. The van der Waals surface area contributed by atoms with Crippen molar-refractivity contribution in [3.63, 3.8) is 0 Å². The molecular formula is C16H14ClN3O4. The molecule has 0 atom stereocenters. The molecule has 2 aromatic rings. The van der Waals surface area contributed by atoms with E-state index in [4.69, 9.17) is 16.3 Å². The number of nitro groups is 1. The zero-order valence-electron chi connectivity index (χ0n) is 12.7. The molecule has 2 aromatic carbocycles. The summed E-state index contributed by atoms with van der Waals surface area (Å²) in [6.07, 6.45) is 0. The summed E-state index contributed by atoms with van der Waals surface area (Å²) in [5, 5.41) is 15.2. The van der Waals surface area contributed by atoms with Gasteiger partial charge in [0.15, 0.2) is 6.61 Å². The summed E-state index contributed by atoms with van der Waals surface area (Å²) >= 11 is 5.75. The Morgan fingerprint density at radius 3 is 2.67 bits per heavy atom. The van der Waals surface area contributed by atoms with Crippen LogP contribution in [-0.2, 0) is 4.79 Å². The Bertz CT molecular complexity index is 775. The highest BCUT2D eigenvalue weighted by Gasteiger charge is 2.08. The second-order valence-electron chi connectivity index (χ2n) is 4.78. The lowest BCUT2D eigenvalue weighted by atomic mass is 10.1. The number of non-ortho nitro benzene ring substituents is 1. The van der Waals surface area contributed by atoms with Gasteiger partial charge >= 0.3 is 0 Å². The first kappa shape index (κ1) is 17.4. The van der Waals surface area contributed by atoms with Gasteiger partial charge in [-0.1, -0.05) is 23.7 Å². The molecule has 7 nitrogen and oxygen atoms in total. The number of nitrogens with one attached hydrogen (secondary N) is 1. The van der Waals surface area contributed by atoms with Crippen molar-refractivity contribution in [2.75, 3.05) is 6.61 Å². The molecule has 0 bridgehead atoms. The number of hydrogen-bond acceptors (Lipinski definition) is 5. The van der Waals surface area contributed by atoms with Crippen molar-refractivity contribution in [1.82, 2.24) is 5.43 Å². The van der Waals surface area contributed by atoms with Crippen LogP contribution in [0.5, 0.6) is 5.75 Å².